The van der Waals surface area contributed by atoms with Crippen LogP contribution < -0.4 is 10.9 Å². The average molecular weight is 231 g/mol. The summed E-state index contributed by atoms with van der Waals surface area (Å²) in [6.07, 6.45) is 1.16. The van der Waals surface area contributed by atoms with Crippen LogP contribution in [0.2, 0.25) is 0 Å². The van der Waals surface area contributed by atoms with Gasteiger partial charge in [-0.3, -0.25) is 4.79 Å². The number of hydrogen-bond donors (Lipinski definition) is 3. The highest BCUT2D eigenvalue weighted by atomic mass is 16.3. The average Bonchev–Trinajstić information content (AvgIpc) is 2.30. The SMILES string of the molecule is Cc1ccccc1CNc1c(O)nc[nH]c1=O. The number of rotatable bonds is 3. The van der Waals surface area contributed by atoms with E-state index < -0.39 is 0 Å². The molecular weight excluding hydrogens is 218 g/mol. The van der Waals surface area contributed by atoms with Crippen molar-refractivity contribution >= 4 is 5.69 Å². The van der Waals surface area contributed by atoms with Gasteiger partial charge in [-0.1, -0.05) is 24.3 Å². The van der Waals surface area contributed by atoms with Crippen LogP contribution in [-0.4, -0.2) is 15.1 Å². The van der Waals surface area contributed by atoms with Crippen molar-refractivity contribution in [3.05, 3.63) is 52.1 Å². The number of nitrogens with zero attached hydrogens (tertiary/aromatic N) is 1. The Morgan fingerprint density at radius 1 is 1.41 bits per heavy atom. The molecule has 0 spiro atoms. The lowest BCUT2D eigenvalue weighted by Gasteiger charge is -2.08. The van der Waals surface area contributed by atoms with E-state index in [-0.39, 0.29) is 17.1 Å². The van der Waals surface area contributed by atoms with E-state index in [0.29, 0.717) is 6.54 Å². The molecule has 2 aromatic rings. The highest BCUT2D eigenvalue weighted by Crippen LogP contribution is 2.15. The number of aromatic amines is 1. The van der Waals surface area contributed by atoms with Gasteiger partial charge in [0.15, 0.2) is 5.69 Å². The Morgan fingerprint density at radius 2 is 2.18 bits per heavy atom. The topological polar surface area (TPSA) is 78.0 Å². The van der Waals surface area contributed by atoms with Crippen LogP contribution in [0.25, 0.3) is 0 Å². The van der Waals surface area contributed by atoms with Gasteiger partial charge in [0, 0.05) is 6.54 Å². The van der Waals surface area contributed by atoms with E-state index in [1.807, 2.05) is 31.2 Å². The van der Waals surface area contributed by atoms with Gasteiger partial charge < -0.3 is 15.4 Å². The van der Waals surface area contributed by atoms with Crippen LogP contribution in [0.5, 0.6) is 5.88 Å². The van der Waals surface area contributed by atoms with Crippen LogP contribution in [0.3, 0.4) is 0 Å². The van der Waals surface area contributed by atoms with Crippen LogP contribution in [-0.2, 0) is 6.54 Å². The molecule has 0 radical (unpaired) electrons. The van der Waals surface area contributed by atoms with Crippen LogP contribution in [0.4, 0.5) is 5.69 Å². The summed E-state index contributed by atoms with van der Waals surface area (Å²) in [7, 11) is 0. The molecule has 5 heteroatoms. The third-order valence-electron chi connectivity index (χ3n) is 2.55. The van der Waals surface area contributed by atoms with Gasteiger partial charge in [-0.2, -0.15) is 0 Å². The molecule has 0 aliphatic carbocycles. The van der Waals surface area contributed by atoms with Crippen molar-refractivity contribution in [2.45, 2.75) is 13.5 Å². The summed E-state index contributed by atoms with van der Waals surface area (Å²) in [5, 5.41) is 12.3. The molecule has 1 aromatic heterocycles. The molecule has 0 saturated heterocycles. The summed E-state index contributed by atoms with van der Waals surface area (Å²) < 4.78 is 0. The zero-order valence-corrected chi connectivity index (χ0v) is 9.40. The van der Waals surface area contributed by atoms with Gasteiger partial charge in [0.1, 0.15) is 0 Å². The Hall–Kier alpha value is -2.30. The van der Waals surface area contributed by atoms with E-state index in [1.165, 1.54) is 0 Å². The van der Waals surface area contributed by atoms with Crippen molar-refractivity contribution in [1.82, 2.24) is 9.97 Å². The van der Waals surface area contributed by atoms with Crippen molar-refractivity contribution in [3.63, 3.8) is 0 Å². The molecule has 0 amide bonds. The fourth-order valence-corrected chi connectivity index (χ4v) is 1.54. The van der Waals surface area contributed by atoms with Crippen molar-refractivity contribution in [1.29, 1.82) is 0 Å². The summed E-state index contributed by atoms with van der Waals surface area (Å²) >= 11 is 0. The summed E-state index contributed by atoms with van der Waals surface area (Å²) in [5.41, 5.74) is 1.90. The van der Waals surface area contributed by atoms with Crippen LogP contribution in [0.15, 0.2) is 35.4 Å². The summed E-state index contributed by atoms with van der Waals surface area (Å²) in [4.78, 5) is 17.4. The van der Waals surface area contributed by atoms with Crippen molar-refractivity contribution in [3.8, 4) is 5.88 Å². The third kappa shape index (κ3) is 2.44. The lowest BCUT2D eigenvalue weighted by Crippen LogP contribution is -2.14. The quantitative estimate of drug-likeness (QED) is 0.746. The highest BCUT2D eigenvalue weighted by molar-refractivity contribution is 5.49. The zero-order valence-electron chi connectivity index (χ0n) is 9.40. The van der Waals surface area contributed by atoms with Crippen molar-refractivity contribution in [2.75, 3.05) is 5.32 Å². The Morgan fingerprint density at radius 3 is 2.88 bits per heavy atom. The maximum absolute atomic E-state index is 11.4. The molecule has 2 rings (SSSR count). The summed E-state index contributed by atoms with van der Waals surface area (Å²) in [6.45, 7) is 2.46. The molecule has 17 heavy (non-hydrogen) atoms. The predicted molar refractivity (Wildman–Crippen MR) is 65.0 cm³/mol. The molecule has 0 saturated carbocycles. The van der Waals surface area contributed by atoms with Crippen LogP contribution >= 0.6 is 0 Å². The monoisotopic (exact) mass is 231 g/mol. The number of H-pyrrole nitrogens is 1. The molecule has 5 nitrogen and oxygen atoms in total. The lowest BCUT2D eigenvalue weighted by molar-refractivity contribution is 0.453. The second kappa shape index (κ2) is 4.69. The zero-order chi connectivity index (χ0) is 12.3. The fourth-order valence-electron chi connectivity index (χ4n) is 1.54. The molecule has 0 fully saturated rings. The van der Waals surface area contributed by atoms with Gasteiger partial charge in [0.05, 0.1) is 6.33 Å². The molecule has 3 N–H and O–H groups in total. The third-order valence-corrected chi connectivity index (χ3v) is 2.55. The Labute approximate surface area is 98.2 Å². The Bertz CT molecular complexity index is 578. The van der Waals surface area contributed by atoms with E-state index in [9.17, 15) is 9.90 Å². The predicted octanol–water partition coefficient (Wildman–Crippen LogP) is 1.40. The van der Waals surface area contributed by atoms with Gasteiger partial charge >= 0.3 is 0 Å². The first kappa shape index (κ1) is 11.2. The van der Waals surface area contributed by atoms with Gasteiger partial charge in [-0.05, 0) is 18.1 Å². The first-order valence-corrected chi connectivity index (χ1v) is 5.23. The standard InChI is InChI=1S/C12H13N3O2/c1-8-4-2-3-5-9(8)6-13-10-11(16)14-7-15-12(10)17/h2-5,7,13H,6H2,1H3,(H2,14,15,16,17). The molecule has 0 unspecified atom stereocenters. The fraction of sp³-hybridized carbons (Fsp3) is 0.167. The first-order chi connectivity index (χ1) is 8.18. The smallest absolute Gasteiger partial charge is 0.278 e. The van der Waals surface area contributed by atoms with Crippen molar-refractivity contribution in [2.24, 2.45) is 0 Å². The van der Waals surface area contributed by atoms with Gasteiger partial charge in [0.2, 0.25) is 5.88 Å². The largest absolute Gasteiger partial charge is 0.492 e. The van der Waals surface area contributed by atoms with Crippen molar-refractivity contribution < 1.29 is 5.11 Å². The molecule has 0 aliphatic rings. The van der Waals surface area contributed by atoms with Gasteiger partial charge in [0.25, 0.3) is 5.56 Å². The van der Waals surface area contributed by atoms with E-state index in [2.05, 4.69) is 15.3 Å². The van der Waals surface area contributed by atoms with Gasteiger partial charge in [-0.25, -0.2) is 4.98 Å². The number of aromatic hydroxyl groups is 1. The number of anilines is 1. The van der Waals surface area contributed by atoms with E-state index in [0.717, 1.165) is 17.5 Å². The number of aromatic nitrogens is 2. The molecule has 1 heterocycles. The minimum Gasteiger partial charge on any atom is -0.492 e. The molecule has 0 aliphatic heterocycles. The molecular formula is C12H13N3O2. The normalized spacial score (nSPS) is 10.2. The van der Waals surface area contributed by atoms with Gasteiger partial charge in [-0.15, -0.1) is 0 Å². The molecule has 0 bridgehead atoms. The van der Waals surface area contributed by atoms with Crippen LogP contribution in [0, 0.1) is 6.92 Å². The number of aryl methyl sites for hydroxylation is 1. The van der Waals surface area contributed by atoms with E-state index in [1.54, 1.807) is 0 Å². The minimum atomic E-state index is -0.383. The number of hydrogen-bond acceptors (Lipinski definition) is 4. The molecule has 1 aromatic carbocycles. The molecule has 0 atom stereocenters. The highest BCUT2D eigenvalue weighted by Gasteiger charge is 2.06. The molecule has 88 valence electrons. The van der Waals surface area contributed by atoms with E-state index >= 15 is 0 Å². The summed E-state index contributed by atoms with van der Waals surface area (Å²) in [5.74, 6) is -0.290. The maximum Gasteiger partial charge on any atom is 0.278 e. The van der Waals surface area contributed by atoms with E-state index in [4.69, 9.17) is 0 Å². The summed E-state index contributed by atoms with van der Waals surface area (Å²) in [6, 6.07) is 7.83. The lowest BCUT2D eigenvalue weighted by atomic mass is 10.1. The maximum atomic E-state index is 11.4. The number of nitrogens with one attached hydrogen (secondary N) is 2. The first-order valence-electron chi connectivity index (χ1n) is 5.23. The Balaban J connectivity index is 2.19. The second-order valence-corrected chi connectivity index (χ2v) is 3.71. The number of benzene rings is 1. The Kier molecular flexibility index (Phi) is 3.09. The van der Waals surface area contributed by atoms with Crippen LogP contribution in [0.1, 0.15) is 11.1 Å². The second-order valence-electron chi connectivity index (χ2n) is 3.71. The minimum absolute atomic E-state index is 0.0933.